The van der Waals surface area contributed by atoms with Crippen molar-refractivity contribution in [3.63, 3.8) is 0 Å². The molecule has 1 aromatic heterocycles. The summed E-state index contributed by atoms with van der Waals surface area (Å²) in [5.74, 6) is 2.35. The maximum Gasteiger partial charge on any atom is 0.291 e. The van der Waals surface area contributed by atoms with Crippen molar-refractivity contribution in [1.29, 1.82) is 0 Å². The van der Waals surface area contributed by atoms with Gasteiger partial charge in [0.25, 0.3) is 5.91 Å². The first kappa shape index (κ1) is 13.7. The van der Waals surface area contributed by atoms with Gasteiger partial charge in [-0.2, -0.15) is 0 Å². The minimum absolute atomic E-state index is 0.0477. The van der Waals surface area contributed by atoms with E-state index in [9.17, 15) is 4.79 Å². The fourth-order valence-electron chi connectivity index (χ4n) is 4.15. The predicted octanol–water partition coefficient (Wildman–Crippen LogP) is 3.33. The fourth-order valence-corrected chi connectivity index (χ4v) is 4.15. The Balaban J connectivity index is 1.87. The molecule has 0 bridgehead atoms. The number of amides is 1. The second-order valence-electron chi connectivity index (χ2n) is 6.45. The largest absolute Gasteiger partial charge is 0.436 e. The van der Waals surface area contributed by atoms with Gasteiger partial charge in [-0.25, -0.2) is 4.98 Å². The number of hydrogen-bond donors (Lipinski definition) is 0. The van der Waals surface area contributed by atoms with E-state index in [1.54, 1.807) is 6.92 Å². The highest BCUT2D eigenvalue weighted by Crippen LogP contribution is 2.39. The van der Waals surface area contributed by atoms with Crippen LogP contribution in [0, 0.1) is 25.7 Å². The molecule has 110 valence electrons. The van der Waals surface area contributed by atoms with Gasteiger partial charge in [-0.15, -0.1) is 0 Å². The van der Waals surface area contributed by atoms with Crippen LogP contribution < -0.4 is 0 Å². The zero-order chi connectivity index (χ0) is 14.3. The molecule has 2 aliphatic rings. The number of aryl methyl sites for hydroxylation is 2. The van der Waals surface area contributed by atoms with E-state index in [2.05, 4.69) is 16.8 Å². The average Bonchev–Trinajstić information content (AvgIpc) is 2.77. The lowest BCUT2D eigenvalue weighted by Crippen LogP contribution is -2.53. The van der Waals surface area contributed by atoms with Gasteiger partial charge in [-0.3, -0.25) is 4.79 Å². The Bertz CT molecular complexity index is 507. The van der Waals surface area contributed by atoms with Crippen molar-refractivity contribution < 1.29 is 9.21 Å². The molecule has 4 heteroatoms. The first-order valence-corrected chi connectivity index (χ1v) is 7.83. The standard InChI is InChI=1S/C16H24N2O2/c1-10-6-4-7-13-8-5-9-18(14(10)13)16(19)15-11(2)17-12(3)20-15/h10,13-14H,4-9H2,1-3H3/t10-,13+,14-/m1/s1. The van der Waals surface area contributed by atoms with Crippen LogP contribution in [-0.2, 0) is 0 Å². The molecule has 3 atom stereocenters. The molecule has 1 saturated heterocycles. The summed E-state index contributed by atoms with van der Waals surface area (Å²) in [6.07, 6.45) is 6.20. The van der Waals surface area contributed by atoms with Gasteiger partial charge in [-0.1, -0.05) is 13.3 Å². The molecule has 1 amide bonds. The minimum atomic E-state index is 0.0477. The summed E-state index contributed by atoms with van der Waals surface area (Å²) in [4.78, 5) is 19.1. The second kappa shape index (κ2) is 5.23. The quantitative estimate of drug-likeness (QED) is 0.790. The van der Waals surface area contributed by atoms with E-state index < -0.39 is 0 Å². The molecule has 0 radical (unpaired) electrons. The molecule has 0 N–H and O–H groups in total. The third-order valence-electron chi connectivity index (χ3n) is 4.99. The molecule has 1 aliphatic carbocycles. The van der Waals surface area contributed by atoms with Crippen LogP contribution in [0.1, 0.15) is 61.2 Å². The number of aromatic nitrogens is 1. The summed E-state index contributed by atoms with van der Waals surface area (Å²) < 4.78 is 5.54. The summed E-state index contributed by atoms with van der Waals surface area (Å²) in [5.41, 5.74) is 0.720. The molecular weight excluding hydrogens is 252 g/mol. The number of carbonyl (C=O) groups excluding carboxylic acids is 1. The molecule has 4 nitrogen and oxygen atoms in total. The van der Waals surface area contributed by atoms with E-state index in [1.807, 2.05) is 6.92 Å². The van der Waals surface area contributed by atoms with E-state index >= 15 is 0 Å². The van der Waals surface area contributed by atoms with E-state index in [4.69, 9.17) is 4.42 Å². The van der Waals surface area contributed by atoms with Gasteiger partial charge in [0.2, 0.25) is 5.76 Å². The molecular formula is C16H24N2O2. The number of fused-ring (bicyclic) bond motifs is 1. The van der Waals surface area contributed by atoms with E-state index in [-0.39, 0.29) is 5.91 Å². The van der Waals surface area contributed by atoms with Crippen LogP contribution >= 0.6 is 0 Å². The summed E-state index contributed by atoms with van der Waals surface area (Å²) in [7, 11) is 0. The summed E-state index contributed by atoms with van der Waals surface area (Å²) in [5, 5.41) is 0. The molecule has 0 unspecified atom stereocenters. The Morgan fingerprint density at radius 2 is 2.00 bits per heavy atom. The molecule has 1 aliphatic heterocycles. The predicted molar refractivity (Wildman–Crippen MR) is 76.5 cm³/mol. The van der Waals surface area contributed by atoms with Crippen molar-refractivity contribution in [3.05, 3.63) is 17.3 Å². The van der Waals surface area contributed by atoms with Crippen molar-refractivity contribution >= 4 is 5.91 Å². The normalized spacial score (nSPS) is 30.1. The maximum absolute atomic E-state index is 12.8. The smallest absolute Gasteiger partial charge is 0.291 e. The first-order chi connectivity index (χ1) is 9.58. The Morgan fingerprint density at radius 1 is 1.25 bits per heavy atom. The van der Waals surface area contributed by atoms with Gasteiger partial charge in [0.05, 0.1) is 5.69 Å². The molecule has 1 saturated carbocycles. The molecule has 2 heterocycles. The number of oxazole rings is 1. The fraction of sp³-hybridized carbons (Fsp3) is 0.750. The monoisotopic (exact) mass is 276 g/mol. The van der Waals surface area contributed by atoms with Crippen LogP contribution in [0.2, 0.25) is 0 Å². The second-order valence-corrected chi connectivity index (χ2v) is 6.45. The average molecular weight is 276 g/mol. The minimum Gasteiger partial charge on any atom is -0.436 e. The number of piperidine rings is 1. The number of hydrogen-bond acceptors (Lipinski definition) is 3. The van der Waals surface area contributed by atoms with Gasteiger partial charge in [0.1, 0.15) is 0 Å². The van der Waals surface area contributed by atoms with Gasteiger partial charge in [-0.05, 0) is 44.4 Å². The number of likely N-dealkylation sites (tertiary alicyclic amines) is 1. The van der Waals surface area contributed by atoms with Crippen molar-refractivity contribution in [2.45, 2.75) is 58.9 Å². The van der Waals surface area contributed by atoms with Gasteiger partial charge < -0.3 is 9.32 Å². The van der Waals surface area contributed by atoms with Crippen LogP contribution in [0.4, 0.5) is 0 Å². The maximum atomic E-state index is 12.8. The van der Waals surface area contributed by atoms with Crippen LogP contribution in [0.15, 0.2) is 4.42 Å². The van der Waals surface area contributed by atoms with Crippen molar-refractivity contribution in [2.75, 3.05) is 6.54 Å². The van der Waals surface area contributed by atoms with Crippen LogP contribution in [0.5, 0.6) is 0 Å². The van der Waals surface area contributed by atoms with E-state index in [0.29, 0.717) is 29.5 Å². The van der Waals surface area contributed by atoms with Crippen molar-refractivity contribution in [1.82, 2.24) is 9.88 Å². The highest BCUT2D eigenvalue weighted by molar-refractivity contribution is 5.92. The van der Waals surface area contributed by atoms with E-state index in [1.165, 1.54) is 25.7 Å². The zero-order valence-electron chi connectivity index (χ0n) is 12.7. The summed E-state index contributed by atoms with van der Waals surface area (Å²) in [6, 6.07) is 0.398. The number of carbonyl (C=O) groups is 1. The Morgan fingerprint density at radius 3 is 2.70 bits per heavy atom. The molecule has 2 fully saturated rings. The molecule has 1 aromatic rings. The van der Waals surface area contributed by atoms with Gasteiger partial charge >= 0.3 is 0 Å². The number of nitrogens with zero attached hydrogens (tertiary/aromatic N) is 2. The molecule has 0 aromatic carbocycles. The molecule has 3 rings (SSSR count). The van der Waals surface area contributed by atoms with E-state index in [0.717, 1.165) is 18.7 Å². The zero-order valence-corrected chi connectivity index (χ0v) is 12.7. The van der Waals surface area contributed by atoms with Crippen molar-refractivity contribution in [2.24, 2.45) is 11.8 Å². The Labute approximate surface area is 120 Å². The van der Waals surface area contributed by atoms with Gasteiger partial charge in [0.15, 0.2) is 5.89 Å². The third kappa shape index (κ3) is 2.25. The molecule has 0 spiro atoms. The summed E-state index contributed by atoms with van der Waals surface area (Å²) >= 11 is 0. The van der Waals surface area contributed by atoms with Crippen LogP contribution in [0.3, 0.4) is 0 Å². The third-order valence-corrected chi connectivity index (χ3v) is 4.99. The lowest BCUT2D eigenvalue weighted by Gasteiger charge is -2.47. The lowest BCUT2D eigenvalue weighted by atomic mass is 9.73. The number of rotatable bonds is 1. The first-order valence-electron chi connectivity index (χ1n) is 7.83. The molecule has 20 heavy (non-hydrogen) atoms. The van der Waals surface area contributed by atoms with Crippen LogP contribution in [0.25, 0.3) is 0 Å². The SMILES string of the molecule is Cc1nc(C)c(C(=O)N2CCC[C@@H]3CCC[C@@H](C)[C@H]32)o1. The highest BCUT2D eigenvalue weighted by atomic mass is 16.4. The lowest BCUT2D eigenvalue weighted by molar-refractivity contribution is 0.0186. The highest BCUT2D eigenvalue weighted by Gasteiger charge is 2.41. The van der Waals surface area contributed by atoms with Crippen molar-refractivity contribution in [3.8, 4) is 0 Å². The topological polar surface area (TPSA) is 46.3 Å². The van der Waals surface area contributed by atoms with Crippen LogP contribution in [-0.4, -0.2) is 28.4 Å². The summed E-state index contributed by atoms with van der Waals surface area (Å²) in [6.45, 7) is 6.81. The van der Waals surface area contributed by atoms with Gasteiger partial charge in [0, 0.05) is 19.5 Å². The Kier molecular flexibility index (Phi) is 3.57. The Hall–Kier alpha value is -1.32.